The van der Waals surface area contributed by atoms with Gasteiger partial charge in [-0.25, -0.2) is 0 Å². The van der Waals surface area contributed by atoms with Gasteiger partial charge in [0, 0.05) is 11.1 Å². The summed E-state index contributed by atoms with van der Waals surface area (Å²) < 4.78 is 0. The predicted molar refractivity (Wildman–Crippen MR) is 103 cm³/mol. The topological polar surface area (TPSA) is 54.4 Å². The van der Waals surface area contributed by atoms with Crippen LogP contribution in [-0.2, 0) is 0 Å². The van der Waals surface area contributed by atoms with Crippen molar-refractivity contribution in [2.75, 3.05) is 0 Å². The van der Waals surface area contributed by atoms with Gasteiger partial charge in [0.05, 0.1) is 0 Å². The molecule has 4 rings (SSSR count). The molecule has 3 aromatic rings. The third kappa shape index (κ3) is 2.64. The highest BCUT2D eigenvalue weighted by atomic mass is 16.3. The van der Waals surface area contributed by atoms with E-state index >= 15 is 0 Å². The SMILES string of the molecule is CC1=CC=c2c(cc3ccccc3c2=CC(=O)c2cccc(O)c2)C1=O. The molecule has 0 heterocycles. The van der Waals surface area contributed by atoms with Gasteiger partial charge in [-0.3, -0.25) is 9.59 Å². The molecule has 0 saturated carbocycles. The van der Waals surface area contributed by atoms with Gasteiger partial charge in [0.1, 0.15) is 5.75 Å². The molecule has 0 spiro atoms. The quantitative estimate of drug-likeness (QED) is 0.729. The fourth-order valence-corrected chi connectivity index (χ4v) is 3.28. The molecule has 3 nitrogen and oxygen atoms in total. The van der Waals surface area contributed by atoms with Gasteiger partial charge in [-0.15, -0.1) is 0 Å². The minimum Gasteiger partial charge on any atom is -0.508 e. The molecule has 0 amide bonds. The summed E-state index contributed by atoms with van der Waals surface area (Å²) in [7, 11) is 0. The van der Waals surface area contributed by atoms with Gasteiger partial charge >= 0.3 is 0 Å². The molecular formula is C23H16O3. The zero-order valence-electron chi connectivity index (χ0n) is 14.2. The number of ketones is 2. The number of benzene rings is 3. The first-order valence-electron chi connectivity index (χ1n) is 8.35. The lowest BCUT2D eigenvalue weighted by molar-refractivity contribution is 0.103. The molecule has 126 valence electrons. The number of carbonyl (C=O) groups is 2. The van der Waals surface area contributed by atoms with Crippen LogP contribution in [0.4, 0.5) is 0 Å². The molecule has 1 aliphatic rings. The number of carbonyl (C=O) groups excluding carboxylic acids is 2. The van der Waals surface area contributed by atoms with E-state index in [1.54, 1.807) is 31.2 Å². The van der Waals surface area contributed by atoms with Crippen molar-refractivity contribution in [3.63, 3.8) is 0 Å². The molecule has 0 aromatic heterocycles. The van der Waals surface area contributed by atoms with Crippen molar-refractivity contribution in [3.05, 3.63) is 87.8 Å². The smallest absolute Gasteiger partial charge is 0.189 e. The molecule has 0 bridgehead atoms. The van der Waals surface area contributed by atoms with Gasteiger partial charge in [-0.1, -0.05) is 48.6 Å². The van der Waals surface area contributed by atoms with E-state index in [2.05, 4.69) is 0 Å². The molecule has 0 radical (unpaired) electrons. The fourth-order valence-electron chi connectivity index (χ4n) is 3.28. The summed E-state index contributed by atoms with van der Waals surface area (Å²) in [6.07, 6.45) is 5.23. The van der Waals surface area contributed by atoms with Gasteiger partial charge in [0.2, 0.25) is 0 Å². The second kappa shape index (κ2) is 6.12. The van der Waals surface area contributed by atoms with E-state index in [1.165, 1.54) is 12.1 Å². The Balaban J connectivity index is 2.07. The summed E-state index contributed by atoms with van der Waals surface area (Å²) in [6.45, 7) is 1.79. The molecule has 26 heavy (non-hydrogen) atoms. The lowest BCUT2D eigenvalue weighted by atomic mass is 9.92. The predicted octanol–water partition coefficient (Wildman–Crippen LogP) is 3.13. The highest BCUT2D eigenvalue weighted by Crippen LogP contribution is 2.16. The van der Waals surface area contributed by atoms with E-state index in [0.717, 1.165) is 21.2 Å². The molecule has 3 aromatic carbocycles. The molecule has 3 heteroatoms. The summed E-state index contributed by atoms with van der Waals surface area (Å²) in [6, 6.07) is 15.9. The van der Waals surface area contributed by atoms with Gasteiger partial charge in [-0.2, -0.15) is 0 Å². The van der Waals surface area contributed by atoms with Crippen LogP contribution in [0.25, 0.3) is 22.9 Å². The number of fused-ring (bicyclic) bond motifs is 2. The maximum Gasteiger partial charge on any atom is 0.189 e. The van der Waals surface area contributed by atoms with Crippen molar-refractivity contribution in [3.8, 4) is 5.75 Å². The van der Waals surface area contributed by atoms with Crippen LogP contribution in [0.5, 0.6) is 5.75 Å². The monoisotopic (exact) mass is 340 g/mol. The van der Waals surface area contributed by atoms with Crippen LogP contribution in [0.2, 0.25) is 0 Å². The van der Waals surface area contributed by atoms with E-state index in [-0.39, 0.29) is 17.3 Å². The Bertz CT molecular complexity index is 1230. The fraction of sp³-hybridized carbons (Fsp3) is 0.0435. The van der Waals surface area contributed by atoms with Crippen LogP contribution in [0, 0.1) is 0 Å². The van der Waals surface area contributed by atoms with E-state index in [0.29, 0.717) is 16.7 Å². The van der Waals surface area contributed by atoms with E-state index < -0.39 is 0 Å². The average Bonchev–Trinajstić information content (AvgIpc) is 2.65. The van der Waals surface area contributed by atoms with Crippen LogP contribution >= 0.6 is 0 Å². The molecule has 1 N–H and O–H groups in total. The number of hydrogen-bond donors (Lipinski definition) is 1. The highest BCUT2D eigenvalue weighted by molar-refractivity contribution is 6.19. The summed E-state index contributed by atoms with van der Waals surface area (Å²) in [4.78, 5) is 25.4. The second-order valence-electron chi connectivity index (χ2n) is 6.38. The van der Waals surface area contributed by atoms with Crippen LogP contribution < -0.4 is 10.4 Å². The van der Waals surface area contributed by atoms with Crippen LogP contribution in [0.15, 0.2) is 66.2 Å². The standard InChI is InChI=1S/C23H16O3/c1-14-9-10-19-20(13-22(25)16-6-4-7-17(24)11-16)18-8-3-2-5-15(18)12-21(19)23(14)26/h2-13,24H,1H3. The summed E-state index contributed by atoms with van der Waals surface area (Å²) >= 11 is 0. The first kappa shape index (κ1) is 16.0. The van der Waals surface area contributed by atoms with Crippen LogP contribution in [-0.4, -0.2) is 16.7 Å². The van der Waals surface area contributed by atoms with E-state index in [1.807, 2.05) is 36.4 Å². The zero-order chi connectivity index (χ0) is 18.3. The number of Topliss-reactive ketones (excluding diaryl/α,β-unsaturated/α-hetero) is 2. The van der Waals surface area contributed by atoms with E-state index in [9.17, 15) is 14.7 Å². The van der Waals surface area contributed by atoms with Crippen LogP contribution in [0.1, 0.15) is 27.6 Å². The van der Waals surface area contributed by atoms with Gasteiger partial charge in [-0.05, 0) is 58.0 Å². The lowest BCUT2D eigenvalue weighted by Crippen LogP contribution is -2.34. The molecule has 0 atom stereocenters. The Morgan fingerprint density at radius 3 is 2.62 bits per heavy atom. The first-order valence-corrected chi connectivity index (χ1v) is 8.35. The lowest BCUT2D eigenvalue weighted by Gasteiger charge is -2.11. The molecule has 0 aliphatic heterocycles. The molecule has 0 fully saturated rings. The van der Waals surface area contributed by atoms with Gasteiger partial charge in [0.25, 0.3) is 0 Å². The van der Waals surface area contributed by atoms with Crippen molar-refractivity contribution in [1.29, 1.82) is 0 Å². The minimum atomic E-state index is -0.216. The third-order valence-corrected chi connectivity index (χ3v) is 4.64. The van der Waals surface area contributed by atoms with Crippen molar-refractivity contribution in [2.24, 2.45) is 0 Å². The number of aromatic hydroxyl groups is 1. The number of hydrogen-bond acceptors (Lipinski definition) is 3. The van der Waals surface area contributed by atoms with Gasteiger partial charge in [0.15, 0.2) is 11.6 Å². The number of rotatable bonds is 2. The Kier molecular flexibility index (Phi) is 3.77. The Labute approximate surface area is 150 Å². The summed E-state index contributed by atoms with van der Waals surface area (Å²) in [5.41, 5.74) is 1.69. The first-order chi connectivity index (χ1) is 12.5. The maximum atomic E-state index is 12.8. The van der Waals surface area contributed by atoms with E-state index in [4.69, 9.17) is 0 Å². The minimum absolute atomic E-state index is 0.0206. The van der Waals surface area contributed by atoms with Crippen molar-refractivity contribution >= 4 is 34.5 Å². The third-order valence-electron chi connectivity index (χ3n) is 4.64. The highest BCUT2D eigenvalue weighted by Gasteiger charge is 2.16. The Morgan fingerprint density at radius 2 is 1.81 bits per heavy atom. The van der Waals surface area contributed by atoms with Crippen molar-refractivity contribution in [1.82, 2.24) is 0 Å². The largest absolute Gasteiger partial charge is 0.508 e. The van der Waals surface area contributed by atoms with Crippen LogP contribution in [0.3, 0.4) is 0 Å². The van der Waals surface area contributed by atoms with Gasteiger partial charge < -0.3 is 5.11 Å². The molecule has 0 saturated heterocycles. The number of phenols is 1. The zero-order valence-corrected chi connectivity index (χ0v) is 14.2. The molecule has 0 unspecified atom stereocenters. The average molecular weight is 340 g/mol. The van der Waals surface area contributed by atoms with Crippen molar-refractivity contribution < 1.29 is 14.7 Å². The molecular weight excluding hydrogens is 324 g/mol. The van der Waals surface area contributed by atoms with Crippen molar-refractivity contribution in [2.45, 2.75) is 6.92 Å². The Morgan fingerprint density at radius 1 is 1.00 bits per heavy atom. The normalized spacial score (nSPS) is 14.0. The Hall–Kier alpha value is -3.46. The number of phenolic OH excluding ortho intramolecular Hbond substituents is 1. The second-order valence-corrected chi connectivity index (χ2v) is 6.38. The summed E-state index contributed by atoms with van der Waals surface area (Å²) in [5, 5.41) is 12.9. The summed E-state index contributed by atoms with van der Waals surface area (Å²) in [5.74, 6) is -0.191. The molecule has 1 aliphatic carbocycles. The number of allylic oxidation sites excluding steroid dienone is 2. The maximum absolute atomic E-state index is 12.8.